The number of anilines is 1. The van der Waals surface area contributed by atoms with Crippen LogP contribution >= 0.6 is 0 Å². The van der Waals surface area contributed by atoms with Gasteiger partial charge in [-0.25, -0.2) is 4.98 Å². The van der Waals surface area contributed by atoms with Crippen molar-refractivity contribution in [1.29, 1.82) is 0 Å². The van der Waals surface area contributed by atoms with Gasteiger partial charge in [0.25, 0.3) is 11.7 Å². The Kier molecular flexibility index (Phi) is 16.3. The molecule has 7 rings (SSSR count). The highest BCUT2D eigenvalue weighted by atomic mass is 16.7. The van der Waals surface area contributed by atoms with Gasteiger partial charge in [0.1, 0.15) is 60.0 Å². The summed E-state index contributed by atoms with van der Waals surface area (Å²) in [6.45, 7) is 20.9. The first kappa shape index (κ1) is 55.0. The number of phenolic OH excluding ortho intramolecular Hbond substituents is 1. The van der Waals surface area contributed by atoms with Crippen LogP contribution in [0.5, 0.6) is 23.0 Å². The third-order valence-corrected chi connectivity index (χ3v) is 15.5. The van der Waals surface area contributed by atoms with Crippen LogP contribution in [0.4, 0.5) is 5.69 Å². The van der Waals surface area contributed by atoms with Gasteiger partial charge in [-0.2, -0.15) is 0 Å². The number of carbonyl (C=O) groups is 3. The van der Waals surface area contributed by atoms with Crippen LogP contribution in [0.1, 0.15) is 90.7 Å². The van der Waals surface area contributed by atoms with E-state index in [9.17, 15) is 19.8 Å². The lowest BCUT2D eigenvalue weighted by molar-refractivity contribution is -0.911. The zero-order valence-corrected chi connectivity index (χ0v) is 45.0. The fourth-order valence-electron chi connectivity index (χ4n) is 9.65. The zero-order chi connectivity index (χ0) is 54.1. The van der Waals surface area contributed by atoms with E-state index in [1.165, 1.54) is 34.1 Å². The number of ketones is 1. The number of aliphatic hydroxyl groups is 1. The van der Waals surface area contributed by atoms with E-state index in [0.29, 0.717) is 29.4 Å². The maximum absolute atomic E-state index is 15.1. The second-order valence-corrected chi connectivity index (χ2v) is 21.1. The topological polar surface area (TPSA) is 202 Å². The van der Waals surface area contributed by atoms with Gasteiger partial charge in [-0.1, -0.05) is 83.2 Å². The molecule has 0 aromatic heterocycles. The number of methoxy groups -OCH3 is 1. The molecule has 396 valence electrons. The molecular weight excluding hydrogens is 947 g/mol. The maximum Gasteiger partial charge on any atom is 0.312 e. The molecule has 74 heavy (non-hydrogen) atoms. The summed E-state index contributed by atoms with van der Waals surface area (Å²) in [6.07, 6.45) is 5.68. The highest BCUT2D eigenvalue weighted by Crippen LogP contribution is 2.51. The molecule has 3 heterocycles. The van der Waals surface area contributed by atoms with E-state index in [1.807, 2.05) is 65.0 Å². The number of benzene rings is 4. The summed E-state index contributed by atoms with van der Waals surface area (Å²) < 4.78 is 44.7. The molecule has 1 amide bonds. The molecule has 3 aromatic carbocycles. The molecule has 3 aromatic rings. The van der Waals surface area contributed by atoms with Crippen molar-refractivity contribution in [3.8, 4) is 34.5 Å². The monoisotopic (exact) mass is 1020 g/mol. The third kappa shape index (κ3) is 10.9. The van der Waals surface area contributed by atoms with E-state index in [-0.39, 0.29) is 97.5 Å². The fraction of sp³-hybridized carbons (Fsp3) is 0.466. The average Bonchev–Trinajstić information content (AvgIpc) is 3.63. The highest BCUT2D eigenvalue weighted by Gasteiger charge is 2.50. The number of carbonyl (C=O) groups excluding carboxylic acids is 3. The summed E-state index contributed by atoms with van der Waals surface area (Å²) in [6, 6.07) is 13.2. The molecule has 3 N–H and O–H groups in total. The van der Waals surface area contributed by atoms with Crippen molar-refractivity contribution in [2.24, 2.45) is 29.6 Å². The van der Waals surface area contributed by atoms with Gasteiger partial charge in [-0.3, -0.25) is 19.2 Å². The first-order valence-electron chi connectivity index (χ1n) is 25.3. The Morgan fingerprint density at radius 1 is 0.946 bits per heavy atom. The summed E-state index contributed by atoms with van der Waals surface area (Å²) in [5.74, 6) is -5.59. The smallest absolute Gasteiger partial charge is 0.312 e. The number of rotatable bonds is 10. The number of fused-ring (bicyclic) bond motifs is 2. The Hall–Kier alpha value is -6.75. The third-order valence-electron chi connectivity index (χ3n) is 15.5. The number of quaternary nitrogens is 1. The predicted molar refractivity (Wildman–Crippen MR) is 282 cm³/mol. The van der Waals surface area contributed by atoms with Crippen molar-refractivity contribution >= 4 is 45.2 Å². The second kappa shape index (κ2) is 22.0. The molecule has 16 heteroatoms. The molecule has 9 atom stereocenters. The number of aromatic nitrogens is 1. The number of likely N-dealkylation sites (N-methyl/N-ethyl adjacent to an activating group) is 1. The zero-order valence-electron chi connectivity index (χ0n) is 45.0. The minimum Gasteiger partial charge on any atom is -0.507 e. The number of nitrogens with one attached hydrogen (secondary N) is 1. The van der Waals surface area contributed by atoms with Gasteiger partial charge in [-0.05, 0) is 57.1 Å². The summed E-state index contributed by atoms with van der Waals surface area (Å²) in [5, 5.41) is 26.1. The van der Waals surface area contributed by atoms with Crippen molar-refractivity contribution < 1.29 is 61.9 Å². The number of allylic oxidation sites excluding steroid dienone is 2. The number of hydrogen-bond donors (Lipinski definition) is 3. The minimum absolute atomic E-state index is 0.0571. The number of esters is 1. The molecule has 0 unspecified atom stereocenters. The van der Waals surface area contributed by atoms with Gasteiger partial charge in [0.05, 0.1) is 49.6 Å². The van der Waals surface area contributed by atoms with Crippen LogP contribution in [0.25, 0.3) is 33.3 Å². The number of phenols is 1. The van der Waals surface area contributed by atoms with Gasteiger partial charge >= 0.3 is 11.8 Å². The first-order chi connectivity index (χ1) is 34.9. The van der Waals surface area contributed by atoms with Crippen molar-refractivity contribution in [3.05, 3.63) is 106 Å². The summed E-state index contributed by atoms with van der Waals surface area (Å²) in [5.41, 5.74) is 0.0504. The van der Waals surface area contributed by atoms with E-state index in [1.54, 1.807) is 43.4 Å². The van der Waals surface area contributed by atoms with Crippen LogP contribution in [0.3, 0.4) is 0 Å². The van der Waals surface area contributed by atoms with Gasteiger partial charge < -0.3 is 52.9 Å². The Labute approximate surface area is 432 Å². The SMILES string of the molecule is CO[C@H]1/C=C/O[C@@]2(C)Oc3c(C)c(O)c4c(=O)c(c5oc6cc(OCC[N+](C)(C)C(C)C)cc(OCc7ccccc7)c6nc-5c4c3C2=O)NC(=O)/C(C)=C\C=C\[C@H](C)[C@H](O)[C@@H](C)[C@@H](C)[C@@H](C)[C@H](OC(C)=O)[C@@H]1C. The lowest BCUT2D eigenvalue weighted by atomic mass is 9.73. The van der Waals surface area contributed by atoms with Crippen molar-refractivity contribution in [1.82, 2.24) is 4.98 Å². The van der Waals surface area contributed by atoms with Gasteiger partial charge in [0.15, 0.2) is 17.1 Å². The Bertz CT molecular complexity index is 3050. The normalized spacial score (nSPS) is 26.6. The van der Waals surface area contributed by atoms with Gasteiger partial charge in [0.2, 0.25) is 5.43 Å². The van der Waals surface area contributed by atoms with E-state index in [0.717, 1.165) is 5.56 Å². The molecule has 16 nitrogen and oxygen atoms in total. The lowest BCUT2D eigenvalue weighted by Crippen LogP contribution is -2.48. The number of hydrogen-bond acceptors (Lipinski definition) is 14. The van der Waals surface area contributed by atoms with Crippen LogP contribution in [-0.2, 0) is 30.4 Å². The van der Waals surface area contributed by atoms with Crippen LogP contribution in [0.15, 0.2) is 87.8 Å². The first-order valence-corrected chi connectivity index (χ1v) is 25.3. The number of aliphatic hydroxyl groups excluding tert-OH is 1. The van der Waals surface area contributed by atoms with E-state index in [4.69, 9.17) is 37.8 Å². The van der Waals surface area contributed by atoms with Crippen LogP contribution < -0.4 is 25.0 Å². The maximum atomic E-state index is 15.1. The minimum atomic E-state index is -2.05. The lowest BCUT2D eigenvalue weighted by Gasteiger charge is -2.39. The molecule has 4 aliphatic rings. The Morgan fingerprint density at radius 2 is 1.65 bits per heavy atom. The van der Waals surface area contributed by atoms with Crippen molar-refractivity contribution in [2.45, 2.75) is 113 Å². The highest BCUT2D eigenvalue weighted by molar-refractivity contribution is 6.22. The molecule has 0 fully saturated rings. The molecule has 3 aliphatic heterocycles. The predicted octanol–water partition coefficient (Wildman–Crippen LogP) is 9.67. The molecule has 0 radical (unpaired) electrons. The van der Waals surface area contributed by atoms with Crippen LogP contribution in [0, 0.1) is 36.5 Å². The standard InChI is InChI=1S/C58H71N3O13/c1-30(2)61(12,13)24-26-69-40-27-42(70-29-39-21-16-15-17-22-39)47-43(28-40)73-55-48(59-47)44-45-51(64)37(9)54-46(44)56(66)58(11,74-54)71-25-23-41(68-14)36(8)53(72-38(10)62)35(7)33(5)34(6)50(63)31(3)19-18-20-32(4)57(67)60-49(55)52(45)65/h15-23,25,27-28,30-31,33-36,41,50,53,63H,24,26,29H2,1-14H3,(H-,59,60,64,65,66,67)/p+1/b19-18+,25-23+,32-20-/t31-,33+,34-,35+,36+,41-,50-,53-,58-/m0/s1. The van der Waals surface area contributed by atoms with Crippen LogP contribution in [0.2, 0.25) is 0 Å². The van der Waals surface area contributed by atoms with Crippen LogP contribution in [-0.4, -0.2) is 102 Å². The molecule has 0 spiro atoms. The molecule has 1 aliphatic carbocycles. The largest absolute Gasteiger partial charge is 0.507 e. The Balaban J connectivity index is 1.47. The number of nitrogens with zero attached hydrogens (tertiary/aromatic N) is 2. The number of amides is 1. The van der Waals surface area contributed by atoms with Crippen molar-refractivity contribution in [2.75, 3.05) is 39.7 Å². The quantitative estimate of drug-likeness (QED) is 0.0516. The fourth-order valence-corrected chi connectivity index (χ4v) is 9.65. The van der Waals surface area contributed by atoms with Gasteiger partial charge in [-0.15, -0.1) is 0 Å². The summed E-state index contributed by atoms with van der Waals surface area (Å²) in [4.78, 5) is 62.2. The van der Waals surface area contributed by atoms with Gasteiger partial charge in [0, 0.05) is 61.4 Å². The average molecular weight is 1020 g/mol. The van der Waals surface area contributed by atoms with E-state index in [2.05, 4.69) is 33.3 Å². The Morgan fingerprint density at radius 3 is 2.31 bits per heavy atom. The van der Waals surface area contributed by atoms with E-state index < -0.39 is 58.9 Å². The molecule has 0 saturated carbocycles. The number of Topliss-reactive ketones (excluding diaryl/α,β-unsaturated/α-hetero) is 1. The summed E-state index contributed by atoms with van der Waals surface area (Å²) >= 11 is 0. The van der Waals surface area contributed by atoms with Crippen molar-refractivity contribution in [3.63, 3.8) is 0 Å². The molecule has 0 saturated heterocycles. The second-order valence-electron chi connectivity index (χ2n) is 21.1. The summed E-state index contributed by atoms with van der Waals surface area (Å²) in [7, 11) is 5.74. The number of ether oxygens (including phenoxy) is 6. The molecule has 4 bridgehead atoms. The number of aromatic hydroxyl groups is 1. The molecular formula is C58H72N3O13+. The van der Waals surface area contributed by atoms with E-state index >= 15 is 9.59 Å².